The van der Waals surface area contributed by atoms with E-state index in [1.165, 1.54) is 12.8 Å². The molecule has 0 unspecified atom stereocenters. The summed E-state index contributed by atoms with van der Waals surface area (Å²) >= 11 is 0. The number of methoxy groups -OCH3 is 1. The first-order valence-electron chi connectivity index (χ1n) is 9.81. The van der Waals surface area contributed by atoms with Crippen LogP contribution in [-0.4, -0.2) is 35.9 Å². The molecule has 5 heteroatoms. The zero-order chi connectivity index (χ0) is 18.9. The molecule has 0 heterocycles. The first kappa shape index (κ1) is 20.3. The van der Waals surface area contributed by atoms with Crippen LogP contribution in [0.2, 0.25) is 0 Å². The molecule has 0 aromatic heterocycles. The lowest BCUT2D eigenvalue weighted by atomic mass is 10.1. The van der Waals surface area contributed by atoms with Gasteiger partial charge in [0.15, 0.2) is 0 Å². The van der Waals surface area contributed by atoms with Crippen molar-refractivity contribution in [2.45, 2.75) is 77.4 Å². The van der Waals surface area contributed by atoms with E-state index in [-0.39, 0.29) is 17.9 Å². The summed E-state index contributed by atoms with van der Waals surface area (Å²) in [5.41, 5.74) is 0.973. The Bertz CT molecular complexity index is 597. The van der Waals surface area contributed by atoms with E-state index in [0.29, 0.717) is 19.4 Å². The van der Waals surface area contributed by atoms with Crippen molar-refractivity contribution in [2.75, 3.05) is 7.11 Å². The number of carbonyl (C=O) groups excluding carboxylic acids is 2. The summed E-state index contributed by atoms with van der Waals surface area (Å²) in [4.78, 5) is 27.4. The van der Waals surface area contributed by atoms with Gasteiger partial charge in [-0.05, 0) is 43.4 Å². The minimum Gasteiger partial charge on any atom is -0.497 e. The highest BCUT2D eigenvalue weighted by Gasteiger charge is 2.30. The normalized spacial score (nSPS) is 15.5. The Morgan fingerprint density at radius 1 is 1.27 bits per heavy atom. The Morgan fingerprint density at radius 3 is 2.62 bits per heavy atom. The fraction of sp³-hybridized carbons (Fsp3) is 0.619. The molecule has 26 heavy (non-hydrogen) atoms. The molecule has 1 fully saturated rings. The van der Waals surface area contributed by atoms with E-state index in [1.807, 2.05) is 38.1 Å². The molecule has 1 N–H and O–H groups in total. The van der Waals surface area contributed by atoms with Crippen molar-refractivity contribution in [3.05, 3.63) is 29.8 Å². The Kier molecular flexibility index (Phi) is 7.95. The van der Waals surface area contributed by atoms with Crippen LogP contribution in [0.25, 0.3) is 0 Å². The monoisotopic (exact) mass is 360 g/mol. The highest BCUT2D eigenvalue weighted by atomic mass is 16.5. The van der Waals surface area contributed by atoms with Crippen molar-refractivity contribution in [2.24, 2.45) is 0 Å². The number of nitrogens with zero attached hydrogens (tertiary/aromatic N) is 1. The van der Waals surface area contributed by atoms with Crippen LogP contribution in [0.15, 0.2) is 24.3 Å². The summed E-state index contributed by atoms with van der Waals surface area (Å²) in [5.74, 6) is 0.768. The van der Waals surface area contributed by atoms with E-state index in [4.69, 9.17) is 4.74 Å². The fourth-order valence-electron chi connectivity index (χ4n) is 3.61. The average Bonchev–Trinajstić information content (AvgIpc) is 3.14. The van der Waals surface area contributed by atoms with Crippen LogP contribution in [-0.2, 0) is 16.1 Å². The zero-order valence-electron chi connectivity index (χ0n) is 16.3. The Balaban J connectivity index is 2.16. The number of benzene rings is 1. The van der Waals surface area contributed by atoms with E-state index in [1.54, 1.807) is 12.0 Å². The molecule has 5 nitrogen and oxygen atoms in total. The minimum atomic E-state index is -0.430. The van der Waals surface area contributed by atoms with Gasteiger partial charge in [-0.15, -0.1) is 0 Å². The van der Waals surface area contributed by atoms with Crippen LogP contribution in [0, 0.1) is 0 Å². The second-order valence-electron chi connectivity index (χ2n) is 7.04. The van der Waals surface area contributed by atoms with Crippen LogP contribution >= 0.6 is 0 Å². The predicted octanol–water partition coefficient (Wildman–Crippen LogP) is 3.66. The molecule has 0 bridgehead atoms. The standard InChI is InChI=1S/C21H32N2O3/c1-4-9-20(24)23(15-16-10-8-13-18(14-16)26-3)19(5-2)21(25)22-17-11-6-7-12-17/h8,10,13-14,17,19H,4-7,9,11-12,15H2,1-3H3,(H,22,25)/t19-/m1/s1. The molecule has 0 saturated heterocycles. The maximum absolute atomic E-state index is 12.9. The molecule has 2 amide bonds. The van der Waals surface area contributed by atoms with Gasteiger partial charge in [0.1, 0.15) is 11.8 Å². The summed E-state index contributed by atoms with van der Waals surface area (Å²) < 4.78 is 5.28. The smallest absolute Gasteiger partial charge is 0.243 e. The third kappa shape index (κ3) is 5.48. The SMILES string of the molecule is CCCC(=O)N(Cc1cccc(OC)c1)[C@H](CC)C(=O)NC1CCCC1. The maximum atomic E-state index is 12.9. The second kappa shape index (κ2) is 10.2. The molecule has 1 aliphatic rings. The predicted molar refractivity (Wildman–Crippen MR) is 103 cm³/mol. The molecular weight excluding hydrogens is 328 g/mol. The lowest BCUT2D eigenvalue weighted by molar-refractivity contribution is -0.141. The first-order valence-corrected chi connectivity index (χ1v) is 9.81. The van der Waals surface area contributed by atoms with Gasteiger partial charge in [0.2, 0.25) is 11.8 Å². The summed E-state index contributed by atoms with van der Waals surface area (Å²) in [5, 5.41) is 3.16. The van der Waals surface area contributed by atoms with Gasteiger partial charge in [-0.3, -0.25) is 9.59 Å². The third-order valence-corrected chi connectivity index (χ3v) is 5.04. The molecular formula is C21H32N2O3. The van der Waals surface area contributed by atoms with Gasteiger partial charge in [-0.1, -0.05) is 38.8 Å². The van der Waals surface area contributed by atoms with Gasteiger partial charge in [0.05, 0.1) is 7.11 Å². The third-order valence-electron chi connectivity index (χ3n) is 5.04. The van der Waals surface area contributed by atoms with Gasteiger partial charge in [-0.2, -0.15) is 0 Å². The van der Waals surface area contributed by atoms with Crippen LogP contribution in [0.3, 0.4) is 0 Å². The molecule has 1 aliphatic carbocycles. The molecule has 0 radical (unpaired) electrons. The fourth-order valence-corrected chi connectivity index (χ4v) is 3.61. The highest BCUT2D eigenvalue weighted by Crippen LogP contribution is 2.20. The van der Waals surface area contributed by atoms with Gasteiger partial charge in [-0.25, -0.2) is 0 Å². The van der Waals surface area contributed by atoms with Crippen LogP contribution in [0.4, 0.5) is 0 Å². The maximum Gasteiger partial charge on any atom is 0.243 e. The lowest BCUT2D eigenvalue weighted by Crippen LogP contribution is -2.50. The molecule has 0 spiro atoms. The molecule has 0 aliphatic heterocycles. The second-order valence-corrected chi connectivity index (χ2v) is 7.04. The minimum absolute atomic E-state index is 0.0215. The Hall–Kier alpha value is -2.04. The first-order chi connectivity index (χ1) is 12.6. The number of nitrogens with one attached hydrogen (secondary N) is 1. The van der Waals surface area contributed by atoms with E-state index in [0.717, 1.165) is 30.6 Å². The molecule has 1 atom stereocenters. The summed E-state index contributed by atoms with van der Waals surface area (Å²) in [6.45, 7) is 4.38. The van der Waals surface area contributed by atoms with E-state index < -0.39 is 6.04 Å². The summed E-state index contributed by atoms with van der Waals surface area (Å²) in [7, 11) is 1.63. The molecule has 1 aromatic carbocycles. The average molecular weight is 360 g/mol. The van der Waals surface area contributed by atoms with Crippen molar-refractivity contribution < 1.29 is 14.3 Å². The quantitative estimate of drug-likeness (QED) is 0.731. The van der Waals surface area contributed by atoms with Crippen molar-refractivity contribution in [3.8, 4) is 5.75 Å². The van der Waals surface area contributed by atoms with Crippen LogP contribution < -0.4 is 10.1 Å². The molecule has 144 valence electrons. The number of ether oxygens (including phenoxy) is 1. The van der Waals surface area contributed by atoms with E-state index in [9.17, 15) is 9.59 Å². The van der Waals surface area contributed by atoms with Gasteiger partial charge >= 0.3 is 0 Å². The topological polar surface area (TPSA) is 58.6 Å². The molecule has 1 saturated carbocycles. The van der Waals surface area contributed by atoms with Crippen LogP contribution in [0.5, 0.6) is 5.75 Å². The number of carbonyl (C=O) groups is 2. The Labute approximate surface area is 157 Å². The van der Waals surface area contributed by atoms with Crippen molar-refractivity contribution in [1.29, 1.82) is 0 Å². The van der Waals surface area contributed by atoms with Crippen LogP contribution in [0.1, 0.15) is 64.4 Å². The summed E-state index contributed by atoms with van der Waals surface area (Å²) in [6.07, 6.45) is 6.26. The van der Waals surface area contributed by atoms with Gasteiger partial charge in [0.25, 0.3) is 0 Å². The van der Waals surface area contributed by atoms with Gasteiger partial charge in [0, 0.05) is 19.0 Å². The highest BCUT2D eigenvalue weighted by molar-refractivity contribution is 5.87. The number of hydrogen-bond acceptors (Lipinski definition) is 3. The number of hydrogen-bond donors (Lipinski definition) is 1. The molecule has 1 aromatic rings. The van der Waals surface area contributed by atoms with E-state index in [2.05, 4.69) is 5.32 Å². The Morgan fingerprint density at radius 2 is 2.00 bits per heavy atom. The molecule has 2 rings (SSSR count). The summed E-state index contributed by atoms with van der Waals surface area (Å²) in [6, 6.07) is 7.52. The number of amides is 2. The van der Waals surface area contributed by atoms with E-state index >= 15 is 0 Å². The largest absolute Gasteiger partial charge is 0.497 e. The zero-order valence-corrected chi connectivity index (χ0v) is 16.3. The van der Waals surface area contributed by atoms with Crippen molar-refractivity contribution >= 4 is 11.8 Å². The van der Waals surface area contributed by atoms with Gasteiger partial charge < -0.3 is 15.0 Å². The lowest BCUT2D eigenvalue weighted by Gasteiger charge is -2.31. The van der Waals surface area contributed by atoms with Crippen molar-refractivity contribution in [3.63, 3.8) is 0 Å². The van der Waals surface area contributed by atoms with Crippen molar-refractivity contribution in [1.82, 2.24) is 10.2 Å². The number of rotatable bonds is 9.